The highest BCUT2D eigenvalue weighted by Gasteiger charge is 2.17. The number of aromatic nitrogens is 1. The lowest BCUT2D eigenvalue weighted by atomic mass is 10.1. The summed E-state index contributed by atoms with van der Waals surface area (Å²) in [5, 5.41) is 3.04. The van der Waals surface area contributed by atoms with Crippen molar-refractivity contribution in [3.05, 3.63) is 29.6 Å². The van der Waals surface area contributed by atoms with Gasteiger partial charge in [0.1, 0.15) is 0 Å². The van der Waals surface area contributed by atoms with E-state index in [1.54, 1.807) is 12.3 Å². The molecule has 1 atom stereocenters. The Morgan fingerprint density at radius 3 is 2.75 bits per heavy atom. The number of carbonyl (C=O) groups is 1. The van der Waals surface area contributed by atoms with Gasteiger partial charge >= 0.3 is 0 Å². The Morgan fingerprint density at radius 2 is 2.25 bits per heavy atom. The maximum Gasteiger partial charge on any atom is 0.253 e. The van der Waals surface area contributed by atoms with Gasteiger partial charge in [0.15, 0.2) is 0 Å². The zero-order chi connectivity index (χ0) is 12.1. The average Bonchev–Trinajstić information content (AvgIpc) is 2.25. The number of aryl methyl sites for hydroxylation is 1. The molecule has 0 bridgehead atoms. The van der Waals surface area contributed by atoms with Gasteiger partial charge in [0.2, 0.25) is 0 Å². The molecule has 16 heavy (non-hydrogen) atoms. The van der Waals surface area contributed by atoms with E-state index in [9.17, 15) is 4.79 Å². The quantitative estimate of drug-likeness (QED) is 0.680. The lowest BCUT2D eigenvalue weighted by Crippen LogP contribution is -2.40. The first-order chi connectivity index (χ1) is 7.56. The van der Waals surface area contributed by atoms with Crippen molar-refractivity contribution in [3.63, 3.8) is 0 Å². The molecule has 0 radical (unpaired) electrons. The van der Waals surface area contributed by atoms with Gasteiger partial charge in [0, 0.05) is 22.4 Å². The number of hydrogen-bond donors (Lipinski definition) is 1. The second-order valence-electron chi connectivity index (χ2n) is 4.11. The van der Waals surface area contributed by atoms with E-state index in [-0.39, 0.29) is 11.9 Å². The van der Waals surface area contributed by atoms with Crippen LogP contribution in [0.3, 0.4) is 0 Å². The summed E-state index contributed by atoms with van der Waals surface area (Å²) in [5.41, 5.74) is 1.44. The van der Waals surface area contributed by atoms with Gasteiger partial charge in [0.05, 0.1) is 5.56 Å². The normalized spacial score (nSPS) is 12.6. The van der Waals surface area contributed by atoms with Gasteiger partial charge < -0.3 is 5.32 Å². The molecule has 1 unspecified atom stereocenters. The average molecular weight is 332 g/mol. The van der Waals surface area contributed by atoms with Gasteiger partial charge in [-0.25, -0.2) is 0 Å². The standard InChI is InChI=1S/C12H17IN2O/c1-8(2)11(7-13)15-12(16)10-5-4-6-14-9(10)3/h4-6,8,11H,7H2,1-3H3,(H,15,16). The summed E-state index contributed by atoms with van der Waals surface area (Å²) >= 11 is 2.30. The van der Waals surface area contributed by atoms with Gasteiger partial charge in [-0.1, -0.05) is 36.4 Å². The van der Waals surface area contributed by atoms with Crippen LogP contribution in [0.5, 0.6) is 0 Å². The van der Waals surface area contributed by atoms with E-state index >= 15 is 0 Å². The summed E-state index contributed by atoms with van der Waals surface area (Å²) in [6.07, 6.45) is 1.70. The van der Waals surface area contributed by atoms with Crippen molar-refractivity contribution in [2.45, 2.75) is 26.8 Å². The predicted molar refractivity (Wildman–Crippen MR) is 74.0 cm³/mol. The van der Waals surface area contributed by atoms with Gasteiger partial charge in [-0.15, -0.1) is 0 Å². The number of halogens is 1. The molecule has 0 aliphatic heterocycles. The Bertz CT molecular complexity index is 366. The van der Waals surface area contributed by atoms with Crippen LogP contribution in [0.1, 0.15) is 29.9 Å². The van der Waals surface area contributed by atoms with Crippen LogP contribution in [0.4, 0.5) is 0 Å². The number of carbonyl (C=O) groups excluding carboxylic acids is 1. The van der Waals surface area contributed by atoms with E-state index in [4.69, 9.17) is 0 Å². The summed E-state index contributed by atoms with van der Waals surface area (Å²) in [6.45, 7) is 6.07. The largest absolute Gasteiger partial charge is 0.348 e. The molecule has 88 valence electrons. The molecule has 1 heterocycles. The predicted octanol–water partition coefficient (Wildman–Crippen LogP) is 2.58. The third-order valence-corrected chi connectivity index (χ3v) is 3.49. The molecule has 1 amide bonds. The third kappa shape index (κ3) is 3.43. The third-order valence-electron chi connectivity index (χ3n) is 2.54. The molecule has 0 saturated heterocycles. The van der Waals surface area contributed by atoms with Gasteiger partial charge in [0.25, 0.3) is 5.91 Å². The van der Waals surface area contributed by atoms with E-state index in [1.165, 1.54) is 0 Å². The first-order valence-electron chi connectivity index (χ1n) is 5.34. The Kier molecular flexibility index (Phi) is 5.18. The highest BCUT2D eigenvalue weighted by atomic mass is 127. The Labute approximate surface area is 110 Å². The van der Waals surface area contributed by atoms with Crippen LogP contribution in [0.25, 0.3) is 0 Å². The SMILES string of the molecule is Cc1ncccc1C(=O)NC(CI)C(C)C. The lowest BCUT2D eigenvalue weighted by Gasteiger charge is -2.20. The topological polar surface area (TPSA) is 42.0 Å². The summed E-state index contributed by atoms with van der Waals surface area (Å²) in [6, 6.07) is 3.81. The Balaban J connectivity index is 2.76. The molecule has 1 aromatic heterocycles. The molecule has 1 rings (SSSR count). The first-order valence-corrected chi connectivity index (χ1v) is 6.87. The van der Waals surface area contributed by atoms with Crippen LogP contribution in [-0.2, 0) is 0 Å². The lowest BCUT2D eigenvalue weighted by molar-refractivity contribution is 0.0931. The number of hydrogen-bond acceptors (Lipinski definition) is 2. The highest BCUT2D eigenvalue weighted by Crippen LogP contribution is 2.08. The molecule has 0 spiro atoms. The van der Waals surface area contributed by atoms with Crippen LogP contribution in [-0.4, -0.2) is 21.4 Å². The molecule has 0 aliphatic carbocycles. The number of rotatable bonds is 4. The zero-order valence-electron chi connectivity index (χ0n) is 9.83. The van der Waals surface area contributed by atoms with E-state index in [1.807, 2.05) is 13.0 Å². The molecule has 4 heteroatoms. The summed E-state index contributed by atoms with van der Waals surface area (Å²) in [4.78, 5) is 16.1. The van der Waals surface area contributed by atoms with Crippen molar-refractivity contribution >= 4 is 28.5 Å². The first kappa shape index (κ1) is 13.4. The van der Waals surface area contributed by atoms with Crippen molar-refractivity contribution in [3.8, 4) is 0 Å². The fourth-order valence-corrected chi connectivity index (χ4v) is 2.59. The van der Waals surface area contributed by atoms with Crippen molar-refractivity contribution in [1.82, 2.24) is 10.3 Å². The summed E-state index contributed by atoms with van der Waals surface area (Å²) < 4.78 is 0.917. The van der Waals surface area contributed by atoms with Crippen LogP contribution < -0.4 is 5.32 Å². The minimum atomic E-state index is -0.0269. The number of nitrogens with one attached hydrogen (secondary N) is 1. The van der Waals surface area contributed by atoms with Crippen LogP contribution in [0.15, 0.2) is 18.3 Å². The van der Waals surface area contributed by atoms with Crippen LogP contribution >= 0.6 is 22.6 Å². The molecule has 0 saturated carbocycles. The Hall–Kier alpha value is -0.650. The van der Waals surface area contributed by atoms with E-state index in [2.05, 4.69) is 46.7 Å². The second kappa shape index (κ2) is 6.18. The van der Waals surface area contributed by atoms with Crippen molar-refractivity contribution < 1.29 is 4.79 Å². The smallest absolute Gasteiger partial charge is 0.253 e. The van der Waals surface area contributed by atoms with E-state index in [0.29, 0.717) is 11.5 Å². The molecule has 0 fully saturated rings. The maximum absolute atomic E-state index is 12.0. The summed E-state index contributed by atoms with van der Waals surface area (Å²) in [7, 11) is 0. The van der Waals surface area contributed by atoms with Gasteiger partial charge in [-0.3, -0.25) is 9.78 Å². The monoisotopic (exact) mass is 332 g/mol. The maximum atomic E-state index is 12.0. The second-order valence-corrected chi connectivity index (χ2v) is 5.00. The fourth-order valence-electron chi connectivity index (χ4n) is 1.35. The van der Waals surface area contributed by atoms with Crippen molar-refractivity contribution in [2.24, 2.45) is 5.92 Å². The molecular weight excluding hydrogens is 315 g/mol. The molecular formula is C12H17IN2O. The number of amides is 1. The molecule has 0 aromatic carbocycles. The van der Waals surface area contributed by atoms with Crippen molar-refractivity contribution in [2.75, 3.05) is 4.43 Å². The van der Waals surface area contributed by atoms with Gasteiger partial charge in [-0.2, -0.15) is 0 Å². The minimum Gasteiger partial charge on any atom is -0.348 e. The van der Waals surface area contributed by atoms with E-state index in [0.717, 1.165) is 10.1 Å². The highest BCUT2D eigenvalue weighted by molar-refractivity contribution is 14.1. The number of pyridine rings is 1. The van der Waals surface area contributed by atoms with Crippen LogP contribution in [0.2, 0.25) is 0 Å². The Morgan fingerprint density at radius 1 is 1.56 bits per heavy atom. The van der Waals surface area contributed by atoms with E-state index < -0.39 is 0 Å². The summed E-state index contributed by atoms with van der Waals surface area (Å²) in [5.74, 6) is 0.416. The number of alkyl halides is 1. The molecule has 0 aliphatic rings. The molecule has 1 aromatic rings. The molecule has 1 N–H and O–H groups in total. The van der Waals surface area contributed by atoms with Crippen LogP contribution in [0, 0.1) is 12.8 Å². The number of nitrogens with zero attached hydrogens (tertiary/aromatic N) is 1. The molecule has 3 nitrogen and oxygen atoms in total. The fraction of sp³-hybridized carbons (Fsp3) is 0.500. The minimum absolute atomic E-state index is 0.0269. The van der Waals surface area contributed by atoms with Crippen molar-refractivity contribution in [1.29, 1.82) is 0 Å². The van der Waals surface area contributed by atoms with Gasteiger partial charge in [-0.05, 0) is 25.0 Å². The zero-order valence-corrected chi connectivity index (χ0v) is 12.0.